The average molecular weight is 338 g/mol. The maximum Gasteiger partial charge on any atom is 0.336 e. The van der Waals surface area contributed by atoms with Crippen LogP contribution >= 0.6 is 15.9 Å². The van der Waals surface area contributed by atoms with Crippen molar-refractivity contribution in [1.29, 1.82) is 0 Å². The van der Waals surface area contributed by atoms with E-state index >= 15 is 0 Å². The van der Waals surface area contributed by atoms with Crippen LogP contribution in [0, 0.1) is 6.92 Å². The molecular weight excluding hydrogens is 326 g/mol. The maximum atomic E-state index is 12.1. The number of hydrogen-bond donors (Lipinski definition) is 2. The quantitative estimate of drug-likeness (QED) is 0.900. The summed E-state index contributed by atoms with van der Waals surface area (Å²) in [6.45, 7) is 1.74. The van der Waals surface area contributed by atoms with Gasteiger partial charge in [-0.2, -0.15) is 5.10 Å². The normalized spacial score (nSPS) is 10.3. The molecule has 1 aromatic carbocycles. The lowest BCUT2D eigenvalue weighted by atomic mass is 10.2. The van der Waals surface area contributed by atoms with Crippen molar-refractivity contribution < 1.29 is 14.7 Å². The van der Waals surface area contributed by atoms with Gasteiger partial charge in [0.2, 0.25) is 0 Å². The van der Waals surface area contributed by atoms with Gasteiger partial charge in [-0.15, -0.1) is 0 Å². The van der Waals surface area contributed by atoms with Crippen LogP contribution in [0.15, 0.2) is 28.9 Å². The van der Waals surface area contributed by atoms with Crippen LogP contribution in [0.5, 0.6) is 0 Å². The summed E-state index contributed by atoms with van der Waals surface area (Å²) in [6.07, 6.45) is 1.61. The SMILES string of the molecule is Cc1nn(C)cc1C(=O)Nc1ccc(Br)c(C(=O)O)c1. The molecule has 0 unspecified atom stereocenters. The van der Waals surface area contributed by atoms with Crippen molar-refractivity contribution in [3.05, 3.63) is 45.7 Å². The molecule has 0 radical (unpaired) electrons. The first-order chi connectivity index (χ1) is 9.38. The van der Waals surface area contributed by atoms with Crippen LogP contribution in [0.1, 0.15) is 26.4 Å². The number of halogens is 1. The molecule has 7 heteroatoms. The van der Waals surface area contributed by atoms with Crippen molar-refractivity contribution in [3.63, 3.8) is 0 Å². The van der Waals surface area contributed by atoms with Crippen LogP contribution in [0.2, 0.25) is 0 Å². The Balaban J connectivity index is 2.26. The number of anilines is 1. The van der Waals surface area contributed by atoms with E-state index in [1.54, 1.807) is 37.0 Å². The number of nitrogens with zero attached hydrogens (tertiary/aromatic N) is 2. The number of aryl methyl sites for hydroxylation is 2. The minimum Gasteiger partial charge on any atom is -0.478 e. The molecule has 20 heavy (non-hydrogen) atoms. The molecule has 2 aromatic rings. The third kappa shape index (κ3) is 2.88. The predicted octanol–water partition coefficient (Wildman–Crippen LogP) is 2.44. The van der Waals surface area contributed by atoms with Crippen molar-refractivity contribution in [2.24, 2.45) is 7.05 Å². The van der Waals surface area contributed by atoms with Crippen LogP contribution < -0.4 is 5.32 Å². The molecule has 0 saturated heterocycles. The molecule has 0 saturated carbocycles. The highest BCUT2D eigenvalue weighted by Crippen LogP contribution is 2.21. The van der Waals surface area contributed by atoms with Crippen molar-refractivity contribution in [1.82, 2.24) is 9.78 Å². The lowest BCUT2D eigenvalue weighted by Crippen LogP contribution is -2.13. The topological polar surface area (TPSA) is 84.2 Å². The van der Waals surface area contributed by atoms with Gasteiger partial charge in [-0.25, -0.2) is 4.79 Å². The number of amides is 1. The Morgan fingerprint density at radius 3 is 2.60 bits per heavy atom. The minimum absolute atomic E-state index is 0.0886. The highest BCUT2D eigenvalue weighted by Gasteiger charge is 2.14. The van der Waals surface area contributed by atoms with Gasteiger partial charge in [0.05, 0.1) is 16.8 Å². The van der Waals surface area contributed by atoms with E-state index in [0.29, 0.717) is 21.4 Å². The number of carbonyl (C=O) groups is 2. The number of carbonyl (C=O) groups excluding carboxylic acids is 1. The number of hydrogen-bond acceptors (Lipinski definition) is 3. The van der Waals surface area contributed by atoms with Gasteiger partial charge in [-0.3, -0.25) is 9.48 Å². The average Bonchev–Trinajstić information content (AvgIpc) is 2.70. The van der Waals surface area contributed by atoms with Gasteiger partial charge in [0.25, 0.3) is 5.91 Å². The fourth-order valence-electron chi connectivity index (χ4n) is 1.79. The molecule has 1 amide bonds. The van der Waals surface area contributed by atoms with Gasteiger partial charge < -0.3 is 10.4 Å². The minimum atomic E-state index is -1.06. The van der Waals surface area contributed by atoms with E-state index < -0.39 is 5.97 Å². The Kier molecular flexibility index (Phi) is 3.89. The second kappa shape index (κ2) is 5.46. The Morgan fingerprint density at radius 2 is 2.05 bits per heavy atom. The Bertz CT molecular complexity index is 694. The van der Waals surface area contributed by atoms with Crippen LogP contribution in [0.4, 0.5) is 5.69 Å². The summed E-state index contributed by atoms with van der Waals surface area (Å²) in [7, 11) is 1.73. The molecule has 0 fully saturated rings. The van der Waals surface area contributed by atoms with Crippen molar-refractivity contribution in [2.45, 2.75) is 6.92 Å². The van der Waals surface area contributed by atoms with Gasteiger partial charge in [0.1, 0.15) is 0 Å². The van der Waals surface area contributed by atoms with Crippen LogP contribution in [0.25, 0.3) is 0 Å². The number of carboxylic acids is 1. The van der Waals surface area contributed by atoms with E-state index in [1.165, 1.54) is 6.07 Å². The molecule has 2 rings (SSSR count). The Labute approximate surface area is 123 Å². The van der Waals surface area contributed by atoms with Crippen molar-refractivity contribution in [3.8, 4) is 0 Å². The zero-order chi connectivity index (χ0) is 14.9. The molecule has 0 aliphatic carbocycles. The highest BCUT2D eigenvalue weighted by molar-refractivity contribution is 9.10. The fraction of sp³-hybridized carbons (Fsp3) is 0.154. The molecule has 1 heterocycles. The van der Waals surface area contributed by atoms with Crippen LogP contribution in [-0.4, -0.2) is 26.8 Å². The van der Waals surface area contributed by atoms with Crippen molar-refractivity contribution >= 4 is 33.5 Å². The predicted molar refractivity (Wildman–Crippen MR) is 77.0 cm³/mol. The summed E-state index contributed by atoms with van der Waals surface area (Å²) in [5, 5.41) is 15.8. The first-order valence-corrected chi connectivity index (χ1v) is 6.52. The molecule has 0 bridgehead atoms. The first-order valence-electron chi connectivity index (χ1n) is 5.73. The molecule has 0 aliphatic heterocycles. The van der Waals surface area contributed by atoms with E-state index in [0.717, 1.165) is 0 Å². The van der Waals surface area contributed by atoms with E-state index in [2.05, 4.69) is 26.3 Å². The zero-order valence-electron chi connectivity index (χ0n) is 10.8. The third-order valence-corrected chi connectivity index (χ3v) is 3.40. The Hall–Kier alpha value is -2.15. The molecule has 6 nitrogen and oxygen atoms in total. The van der Waals surface area contributed by atoms with Crippen molar-refractivity contribution in [2.75, 3.05) is 5.32 Å². The number of nitrogens with one attached hydrogen (secondary N) is 1. The molecule has 104 valence electrons. The van der Waals surface area contributed by atoms with Crippen LogP contribution in [0.3, 0.4) is 0 Å². The van der Waals surface area contributed by atoms with Gasteiger partial charge in [-0.1, -0.05) is 0 Å². The summed E-state index contributed by atoms with van der Waals surface area (Å²) < 4.78 is 2.01. The number of carboxylic acid groups (broad SMARTS) is 1. The number of rotatable bonds is 3. The summed E-state index contributed by atoms with van der Waals surface area (Å²) >= 11 is 3.15. The smallest absolute Gasteiger partial charge is 0.336 e. The molecule has 0 aliphatic rings. The van der Waals surface area contributed by atoms with Crippen LogP contribution in [-0.2, 0) is 7.05 Å². The summed E-state index contributed by atoms with van der Waals surface area (Å²) in [5.74, 6) is -1.39. The third-order valence-electron chi connectivity index (χ3n) is 2.71. The fourth-order valence-corrected chi connectivity index (χ4v) is 2.20. The van der Waals surface area contributed by atoms with Gasteiger partial charge in [0.15, 0.2) is 0 Å². The van der Waals surface area contributed by atoms with Gasteiger partial charge in [0, 0.05) is 23.4 Å². The molecule has 2 N–H and O–H groups in total. The largest absolute Gasteiger partial charge is 0.478 e. The standard InChI is InChI=1S/C13H12BrN3O3/c1-7-10(6-17(2)16-7)12(18)15-8-3-4-11(14)9(5-8)13(19)20/h3-6H,1-2H3,(H,15,18)(H,19,20). The summed E-state index contributed by atoms with van der Waals surface area (Å²) in [4.78, 5) is 23.1. The van der Waals surface area contributed by atoms with E-state index in [4.69, 9.17) is 5.11 Å². The summed E-state index contributed by atoms with van der Waals surface area (Å²) in [5.41, 5.74) is 1.57. The van der Waals surface area contributed by atoms with E-state index in [-0.39, 0.29) is 11.5 Å². The monoisotopic (exact) mass is 337 g/mol. The molecule has 1 aromatic heterocycles. The number of aromatic carboxylic acids is 1. The van der Waals surface area contributed by atoms with Gasteiger partial charge in [-0.05, 0) is 41.1 Å². The molecule has 0 atom stereocenters. The second-order valence-corrected chi connectivity index (χ2v) is 5.11. The van der Waals surface area contributed by atoms with E-state index in [1.807, 2.05) is 0 Å². The molecular formula is C13H12BrN3O3. The summed E-state index contributed by atoms with van der Waals surface area (Å²) in [6, 6.07) is 4.60. The van der Waals surface area contributed by atoms with Gasteiger partial charge >= 0.3 is 5.97 Å². The maximum absolute atomic E-state index is 12.1. The zero-order valence-corrected chi connectivity index (χ0v) is 12.4. The van der Waals surface area contributed by atoms with E-state index in [9.17, 15) is 9.59 Å². The number of aromatic nitrogens is 2. The highest BCUT2D eigenvalue weighted by atomic mass is 79.9. The second-order valence-electron chi connectivity index (χ2n) is 4.26. The lowest BCUT2D eigenvalue weighted by molar-refractivity contribution is 0.0695. The lowest BCUT2D eigenvalue weighted by Gasteiger charge is -2.06. The first kappa shape index (κ1) is 14.3. The number of benzene rings is 1. The molecule has 0 spiro atoms. The Morgan fingerprint density at radius 1 is 1.35 bits per heavy atom.